The fourth-order valence-electron chi connectivity index (χ4n) is 1.72. The zero-order valence-corrected chi connectivity index (χ0v) is 11.1. The van der Waals surface area contributed by atoms with Gasteiger partial charge in [0.15, 0.2) is 9.84 Å². The lowest BCUT2D eigenvalue weighted by molar-refractivity contribution is -0.137. The van der Waals surface area contributed by atoms with Gasteiger partial charge in [0.1, 0.15) is 0 Å². The summed E-state index contributed by atoms with van der Waals surface area (Å²) < 4.78 is 61.3. The monoisotopic (exact) mass is 300 g/mol. The Balaban J connectivity index is 2.23. The van der Waals surface area contributed by atoms with Crippen LogP contribution in [0.25, 0.3) is 0 Å². The van der Waals surface area contributed by atoms with Crippen LogP contribution in [-0.2, 0) is 21.8 Å². The average molecular weight is 300 g/mol. The van der Waals surface area contributed by atoms with Gasteiger partial charge in [0.25, 0.3) is 0 Å². The van der Waals surface area contributed by atoms with Crippen molar-refractivity contribution in [2.24, 2.45) is 0 Å². The van der Waals surface area contributed by atoms with Gasteiger partial charge in [0, 0.05) is 0 Å². The highest BCUT2D eigenvalue weighted by molar-refractivity contribution is 7.90. The maximum Gasteiger partial charge on any atom is 0.416 e. The van der Waals surface area contributed by atoms with Crippen LogP contribution in [0.1, 0.15) is 11.1 Å². The normalized spacial score (nSPS) is 12.3. The molecule has 106 valence electrons. The van der Waals surface area contributed by atoms with Crippen LogP contribution in [0.2, 0.25) is 0 Å². The molecular formula is C14H11F3O2S. The van der Waals surface area contributed by atoms with Crippen molar-refractivity contribution in [3.63, 3.8) is 0 Å². The summed E-state index contributed by atoms with van der Waals surface area (Å²) in [4.78, 5) is 0.153. The Labute approximate surface area is 114 Å². The second-order valence-electron chi connectivity index (χ2n) is 4.27. The van der Waals surface area contributed by atoms with E-state index >= 15 is 0 Å². The molecule has 0 saturated heterocycles. The summed E-state index contributed by atoms with van der Waals surface area (Å²) in [6, 6.07) is 11.9. The van der Waals surface area contributed by atoms with Crippen molar-refractivity contribution in [2.45, 2.75) is 16.8 Å². The van der Waals surface area contributed by atoms with E-state index in [2.05, 4.69) is 0 Å². The molecule has 0 spiro atoms. The quantitative estimate of drug-likeness (QED) is 0.866. The van der Waals surface area contributed by atoms with Crippen LogP contribution < -0.4 is 0 Å². The first-order valence-corrected chi connectivity index (χ1v) is 7.38. The predicted molar refractivity (Wildman–Crippen MR) is 68.8 cm³/mol. The summed E-state index contributed by atoms with van der Waals surface area (Å²) in [5.41, 5.74) is -0.472. The Morgan fingerprint density at radius 2 is 1.40 bits per heavy atom. The van der Waals surface area contributed by atoms with Crippen molar-refractivity contribution >= 4 is 9.84 Å². The third-order valence-corrected chi connectivity index (χ3v) is 4.44. The molecule has 2 aromatic carbocycles. The molecule has 6 heteroatoms. The average Bonchev–Trinajstić information content (AvgIpc) is 2.39. The van der Waals surface area contributed by atoms with E-state index in [1.54, 1.807) is 18.2 Å². The van der Waals surface area contributed by atoms with Crippen molar-refractivity contribution in [3.8, 4) is 0 Å². The highest BCUT2D eigenvalue weighted by Gasteiger charge is 2.30. The number of benzene rings is 2. The van der Waals surface area contributed by atoms with E-state index in [0.717, 1.165) is 12.1 Å². The fourth-order valence-corrected chi connectivity index (χ4v) is 3.09. The highest BCUT2D eigenvalue weighted by Crippen LogP contribution is 2.29. The number of hydrogen-bond donors (Lipinski definition) is 0. The first-order valence-electron chi connectivity index (χ1n) is 5.73. The summed E-state index contributed by atoms with van der Waals surface area (Å²) >= 11 is 0. The molecule has 0 atom stereocenters. The van der Waals surface area contributed by atoms with Crippen molar-refractivity contribution in [1.82, 2.24) is 0 Å². The zero-order valence-electron chi connectivity index (χ0n) is 10.3. The van der Waals surface area contributed by atoms with E-state index in [0.29, 0.717) is 5.56 Å². The first kappa shape index (κ1) is 14.6. The van der Waals surface area contributed by atoms with E-state index in [4.69, 9.17) is 0 Å². The third-order valence-electron chi connectivity index (χ3n) is 2.74. The van der Waals surface area contributed by atoms with Gasteiger partial charge in [-0.05, 0) is 29.8 Å². The van der Waals surface area contributed by atoms with Crippen LogP contribution in [0.4, 0.5) is 13.2 Å². The molecule has 0 radical (unpaired) electrons. The molecule has 0 bridgehead atoms. The van der Waals surface area contributed by atoms with Gasteiger partial charge in [-0.2, -0.15) is 13.2 Å². The van der Waals surface area contributed by atoms with Gasteiger partial charge >= 0.3 is 6.18 Å². The third kappa shape index (κ3) is 3.39. The Hall–Kier alpha value is -1.82. The topological polar surface area (TPSA) is 34.1 Å². The molecule has 0 aliphatic heterocycles. The molecule has 0 aromatic heterocycles. The largest absolute Gasteiger partial charge is 0.416 e. The lowest BCUT2D eigenvalue weighted by atomic mass is 10.1. The smallest absolute Gasteiger partial charge is 0.223 e. The van der Waals surface area contributed by atoms with Crippen LogP contribution in [-0.4, -0.2) is 8.42 Å². The number of sulfone groups is 1. The predicted octanol–water partition coefficient (Wildman–Crippen LogP) is 3.68. The van der Waals surface area contributed by atoms with E-state index in [9.17, 15) is 21.6 Å². The van der Waals surface area contributed by atoms with Gasteiger partial charge in [-0.3, -0.25) is 0 Å². The second kappa shape index (κ2) is 5.28. The minimum Gasteiger partial charge on any atom is -0.223 e. The molecule has 0 heterocycles. The number of halogens is 3. The zero-order chi connectivity index (χ0) is 14.8. The van der Waals surface area contributed by atoms with Crippen molar-refractivity contribution in [3.05, 3.63) is 65.7 Å². The number of alkyl halides is 3. The second-order valence-corrected chi connectivity index (χ2v) is 6.26. The van der Waals surface area contributed by atoms with Crippen molar-refractivity contribution < 1.29 is 21.6 Å². The molecule has 20 heavy (non-hydrogen) atoms. The Morgan fingerprint density at radius 3 is 1.90 bits per heavy atom. The van der Waals surface area contributed by atoms with E-state index < -0.39 is 21.6 Å². The van der Waals surface area contributed by atoms with E-state index in [-0.39, 0.29) is 10.6 Å². The molecule has 2 aromatic rings. The minimum atomic E-state index is -4.42. The van der Waals surface area contributed by atoms with Crippen molar-refractivity contribution in [2.75, 3.05) is 0 Å². The molecular weight excluding hydrogens is 289 g/mol. The molecule has 0 aliphatic carbocycles. The number of hydrogen-bond acceptors (Lipinski definition) is 2. The summed E-state index contributed by atoms with van der Waals surface area (Å²) in [7, 11) is -3.54. The van der Waals surface area contributed by atoms with E-state index in [1.165, 1.54) is 24.3 Å². The van der Waals surface area contributed by atoms with Gasteiger partial charge in [-0.1, -0.05) is 30.3 Å². The van der Waals surface area contributed by atoms with Crippen LogP contribution >= 0.6 is 0 Å². The molecule has 0 N–H and O–H groups in total. The standard InChI is InChI=1S/C14H11F3O2S/c15-14(16,17)12-8-6-11(7-9-12)10-20(18,19)13-4-2-1-3-5-13/h1-9H,10H2. The molecule has 2 rings (SSSR count). The van der Waals surface area contributed by atoms with E-state index in [1.807, 2.05) is 0 Å². The highest BCUT2D eigenvalue weighted by atomic mass is 32.2. The lowest BCUT2D eigenvalue weighted by Gasteiger charge is -2.08. The van der Waals surface area contributed by atoms with Gasteiger partial charge in [0.05, 0.1) is 16.2 Å². The molecule has 2 nitrogen and oxygen atoms in total. The lowest BCUT2D eigenvalue weighted by Crippen LogP contribution is -2.07. The molecule has 0 saturated carbocycles. The van der Waals surface area contributed by atoms with Gasteiger partial charge in [-0.15, -0.1) is 0 Å². The van der Waals surface area contributed by atoms with Gasteiger partial charge < -0.3 is 0 Å². The summed E-state index contributed by atoms with van der Waals surface area (Å²) in [6.07, 6.45) is -4.42. The molecule has 0 unspecified atom stereocenters. The van der Waals surface area contributed by atoms with Crippen molar-refractivity contribution in [1.29, 1.82) is 0 Å². The minimum absolute atomic E-state index is 0.153. The maximum absolute atomic E-state index is 12.4. The first-order chi connectivity index (χ1) is 9.29. The maximum atomic E-state index is 12.4. The number of rotatable bonds is 3. The fraction of sp³-hybridized carbons (Fsp3) is 0.143. The Morgan fingerprint density at radius 1 is 0.850 bits per heavy atom. The van der Waals surface area contributed by atoms with Crippen LogP contribution in [0, 0.1) is 0 Å². The Kier molecular flexibility index (Phi) is 3.85. The molecule has 0 amide bonds. The van der Waals surface area contributed by atoms with Crippen LogP contribution in [0.3, 0.4) is 0 Å². The van der Waals surface area contributed by atoms with Gasteiger partial charge in [0.2, 0.25) is 0 Å². The van der Waals surface area contributed by atoms with Crippen LogP contribution in [0.15, 0.2) is 59.5 Å². The molecule has 0 fully saturated rings. The summed E-state index contributed by atoms with van der Waals surface area (Å²) in [5, 5.41) is 0. The SMILES string of the molecule is O=S(=O)(Cc1ccc(C(F)(F)F)cc1)c1ccccc1. The summed E-state index contributed by atoms with van der Waals surface area (Å²) in [6.45, 7) is 0. The summed E-state index contributed by atoms with van der Waals surface area (Å²) in [5.74, 6) is -0.324. The Bertz CT molecular complexity index is 675. The van der Waals surface area contributed by atoms with Gasteiger partial charge in [-0.25, -0.2) is 8.42 Å². The van der Waals surface area contributed by atoms with Crippen LogP contribution in [0.5, 0.6) is 0 Å². The molecule has 0 aliphatic rings.